The topological polar surface area (TPSA) is 42.2 Å². The van der Waals surface area contributed by atoms with Crippen LogP contribution in [0, 0.1) is 23.1 Å². The summed E-state index contributed by atoms with van der Waals surface area (Å²) in [5.41, 5.74) is 3.65. The maximum absolute atomic E-state index is 15.2. The molecule has 0 aromatic heterocycles. The minimum Gasteiger partial charge on any atom is -0.352 e. The van der Waals surface area contributed by atoms with E-state index in [2.05, 4.69) is 19.1 Å². The maximum Gasteiger partial charge on any atom is 0.157 e. The first-order valence-corrected chi connectivity index (χ1v) is 13.1. The van der Waals surface area contributed by atoms with Crippen molar-refractivity contribution in [3.05, 3.63) is 82.7 Å². The summed E-state index contributed by atoms with van der Waals surface area (Å²) in [5.74, 6) is 0.393. The van der Waals surface area contributed by atoms with E-state index >= 15 is 4.39 Å². The second-order valence-electron chi connectivity index (χ2n) is 9.75. The zero-order chi connectivity index (χ0) is 24.5. The van der Waals surface area contributed by atoms with Crippen LogP contribution in [-0.4, -0.2) is 19.5 Å². The van der Waals surface area contributed by atoms with E-state index in [-0.39, 0.29) is 12.1 Å². The Morgan fingerprint density at radius 1 is 0.857 bits per heavy atom. The van der Waals surface area contributed by atoms with Gasteiger partial charge in [-0.3, -0.25) is 0 Å². The van der Waals surface area contributed by atoms with Crippen molar-refractivity contribution in [1.29, 1.82) is 5.26 Å². The van der Waals surface area contributed by atoms with Crippen LogP contribution in [0.3, 0.4) is 0 Å². The molecule has 35 heavy (non-hydrogen) atoms. The van der Waals surface area contributed by atoms with Gasteiger partial charge in [0.25, 0.3) is 0 Å². The number of halogens is 1. The summed E-state index contributed by atoms with van der Waals surface area (Å²) < 4.78 is 27.1. The van der Waals surface area contributed by atoms with E-state index in [1.165, 1.54) is 37.7 Å². The fourth-order valence-electron chi connectivity index (χ4n) is 4.82. The van der Waals surface area contributed by atoms with E-state index in [9.17, 15) is 0 Å². The Morgan fingerprint density at radius 3 is 2.37 bits per heavy atom. The van der Waals surface area contributed by atoms with Gasteiger partial charge in [-0.25, -0.2) is 4.39 Å². The molecule has 0 amide bonds. The quantitative estimate of drug-likeness (QED) is 0.270. The van der Waals surface area contributed by atoms with Crippen molar-refractivity contribution in [1.82, 2.24) is 0 Å². The Morgan fingerprint density at radius 2 is 1.63 bits per heavy atom. The molecule has 0 unspecified atom stereocenters. The van der Waals surface area contributed by atoms with E-state index in [0.29, 0.717) is 23.3 Å². The molecule has 3 aromatic rings. The van der Waals surface area contributed by atoms with E-state index in [1.54, 1.807) is 0 Å². The Bertz CT molecular complexity index is 1130. The predicted molar refractivity (Wildman–Crippen MR) is 139 cm³/mol. The van der Waals surface area contributed by atoms with Crippen molar-refractivity contribution in [3.63, 3.8) is 0 Å². The van der Waals surface area contributed by atoms with Gasteiger partial charge in [0.1, 0.15) is 5.82 Å². The van der Waals surface area contributed by atoms with Crippen LogP contribution in [0.15, 0.2) is 54.6 Å². The van der Waals surface area contributed by atoms with Crippen LogP contribution < -0.4 is 0 Å². The van der Waals surface area contributed by atoms with Crippen LogP contribution in [0.5, 0.6) is 0 Å². The Kier molecular flexibility index (Phi) is 9.28. The highest BCUT2D eigenvalue weighted by Crippen LogP contribution is 2.25. The highest BCUT2D eigenvalue weighted by molar-refractivity contribution is 5.84. The summed E-state index contributed by atoms with van der Waals surface area (Å²) in [4.78, 5) is 0. The highest BCUT2D eigenvalue weighted by atomic mass is 19.1. The standard InChI is InChI=1S/C31H36FNO2/c1-2-3-4-5-6-26-21-34-30(35-22-26)18-13-24-12-17-29-28(19-24)16-15-27(31(29)32)14-11-23-7-9-25(20-33)10-8-23/h7-10,12,15-17,19,26,30H,2-6,11,13-14,18,21-22H2,1H3. The molecule has 0 atom stereocenters. The highest BCUT2D eigenvalue weighted by Gasteiger charge is 2.21. The molecular weight excluding hydrogens is 437 g/mol. The molecule has 1 aliphatic heterocycles. The summed E-state index contributed by atoms with van der Waals surface area (Å²) in [7, 11) is 0. The molecule has 0 saturated carbocycles. The molecule has 1 aliphatic rings. The Hall–Kier alpha value is -2.74. The Balaban J connectivity index is 1.27. The number of hydrogen-bond donors (Lipinski definition) is 0. The molecule has 184 valence electrons. The smallest absolute Gasteiger partial charge is 0.157 e. The predicted octanol–water partition coefficient (Wildman–Crippen LogP) is 7.53. The van der Waals surface area contributed by atoms with Crippen molar-refractivity contribution in [3.8, 4) is 6.07 Å². The van der Waals surface area contributed by atoms with E-state index in [4.69, 9.17) is 14.7 Å². The number of unbranched alkanes of at least 4 members (excludes halogenated alkanes) is 3. The van der Waals surface area contributed by atoms with Gasteiger partial charge in [-0.15, -0.1) is 0 Å². The number of rotatable bonds is 11. The van der Waals surface area contributed by atoms with Gasteiger partial charge in [-0.2, -0.15) is 5.26 Å². The van der Waals surface area contributed by atoms with Crippen molar-refractivity contribution >= 4 is 10.8 Å². The molecule has 0 spiro atoms. The van der Waals surface area contributed by atoms with Gasteiger partial charge >= 0.3 is 0 Å². The van der Waals surface area contributed by atoms with Crippen molar-refractivity contribution < 1.29 is 13.9 Å². The van der Waals surface area contributed by atoms with Gasteiger partial charge in [-0.1, -0.05) is 75.1 Å². The van der Waals surface area contributed by atoms with Gasteiger partial charge in [0, 0.05) is 17.7 Å². The minimum absolute atomic E-state index is 0.133. The van der Waals surface area contributed by atoms with Gasteiger partial charge in [-0.05, 0) is 59.9 Å². The first-order valence-electron chi connectivity index (χ1n) is 13.1. The molecule has 1 fully saturated rings. The zero-order valence-corrected chi connectivity index (χ0v) is 20.8. The lowest BCUT2D eigenvalue weighted by Crippen LogP contribution is -2.32. The van der Waals surface area contributed by atoms with E-state index in [1.807, 2.05) is 48.5 Å². The average Bonchev–Trinajstić information content (AvgIpc) is 2.90. The SMILES string of the molecule is CCCCCCC1COC(CCc2ccc3c(F)c(CCc4ccc(C#N)cc4)ccc3c2)OC1. The number of ether oxygens (including phenoxy) is 2. The van der Waals surface area contributed by atoms with E-state index < -0.39 is 0 Å². The number of fused-ring (bicyclic) bond motifs is 1. The summed E-state index contributed by atoms with van der Waals surface area (Å²) in [6.45, 7) is 3.83. The third kappa shape index (κ3) is 7.13. The zero-order valence-electron chi connectivity index (χ0n) is 20.8. The van der Waals surface area contributed by atoms with Gasteiger partial charge in [0.15, 0.2) is 6.29 Å². The van der Waals surface area contributed by atoms with E-state index in [0.717, 1.165) is 49.0 Å². The number of nitrogens with zero attached hydrogens (tertiary/aromatic N) is 1. The summed E-state index contributed by atoms with van der Waals surface area (Å²) in [6.07, 6.45) is 9.24. The lowest BCUT2D eigenvalue weighted by Gasteiger charge is -2.29. The van der Waals surface area contributed by atoms with Crippen LogP contribution in [0.2, 0.25) is 0 Å². The molecule has 1 saturated heterocycles. The molecule has 4 heteroatoms. The lowest BCUT2D eigenvalue weighted by atomic mass is 9.97. The molecule has 0 aliphatic carbocycles. The van der Waals surface area contributed by atoms with Crippen molar-refractivity contribution in [2.45, 2.75) is 71.0 Å². The molecule has 3 aromatic carbocycles. The van der Waals surface area contributed by atoms with Gasteiger partial charge < -0.3 is 9.47 Å². The summed E-state index contributed by atoms with van der Waals surface area (Å²) in [6, 6.07) is 19.6. The maximum atomic E-state index is 15.2. The number of benzene rings is 3. The largest absolute Gasteiger partial charge is 0.352 e. The second kappa shape index (κ2) is 12.8. The van der Waals surface area contributed by atoms with Crippen LogP contribution in [0.25, 0.3) is 10.8 Å². The third-order valence-electron chi connectivity index (χ3n) is 7.03. The van der Waals surface area contributed by atoms with Gasteiger partial charge in [0.2, 0.25) is 0 Å². The molecule has 4 rings (SSSR count). The molecule has 1 heterocycles. The molecule has 3 nitrogen and oxygen atoms in total. The number of hydrogen-bond acceptors (Lipinski definition) is 3. The second-order valence-corrected chi connectivity index (χ2v) is 9.75. The fraction of sp³-hybridized carbons (Fsp3) is 0.452. The first kappa shape index (κ1) is 25.4. The number of nitriles is 1. The van der Waals surface area contributed by atoms with Gasteiger partial charge in [0.05, 0.1) is 24.8 Å². The minimum atomic E-state index is -0.140. The van der Waals surface area contributed by atoms with Crippen LogP contribution in [0.1, 0.15) is 67.7 Å². The lowest BCUT2D eigenvalue weighted by molar-refractivity contribution is -0.203. The monoisotopic (exact) mass is 473 g/mol. The summed E-state index contributed by atoms with van der Waals surface area (Å²) >= 11 is 0. The van der Waals surface area contributed by atoms with Crippen LogP contribution in [-0.2, 0) is 28.7 Å². The fourth-order valence-corrected chi connectivity index (χ4v) is 4.82. The normalized spacial score (nSPS) is 18.0. The molecular formula is C31H36FNO2. The van der Waals surface area contributed by atoms with Crippen LogP contribution >= 0.6 is 0 Å². The Labute approximate surface area is 208 Å². The average molecular weight is 474 g/mol. The van der Waals surface area contributed by atoms with Crippen molar-refractivity contribution in [2.75, 3.05) is 13.2 Å². The molecule has 0 bridgehead atoms. The summed E-state index contributed by atoms with van der Waals surface area (Å²) in [5, 5.41) is 10.5. The molecule has 0 radical (unpaired) electrons. The number of aryl methyl sites for hydroxylation is 3. The first-order chi connectivity index (χ1) is 17.2. The van der Waals surface area contributed by atoms with Crippen LogP contribution in [0.4, 0.5) is 4.39 Å². The molecule has 0 N–H and O–H groups in total. The van der Waals surface area contributed by atoms with Crippen molar-refractivity contribution in [2.24, 2.45) is 5.92 Å². The third-order valence-corrected chi connectivity index (χ3v) is 7.03.